The molecule has 1 rings (SSSR count). The average molecular weight is 396 g/mol. The zero-order chi connectivity index (χ0) is 13.4. The number of hydrogen-bond donors (Lipinski definition) is 2. The predicted molar refractivity (Wildman–Crippen MR) is 91.7 cm³/mol. The molecule has 3 N–H and O–H groups in total. The number of aliphatic imine (C=N–C) groups is 1. The lowest BCUT2D eigenvalue weighted by Crippen LogP contribution is -2.34. The monoisotopic (exact) mass is 395 g/mol. The fourth-order valence-electron chi connectivity index (χ4n) is 1.15. The highest BCUT2D eigenvalue weighted by molar-refractivity contribution is 14.0. The van der Waals surface area contributed by atoms with Crippen LogP contribution in [0.5, 0.6) is 5.75 Å². The second-order valence-corrected chi connectivity index (χ2v) is 4.32. The first-order valence-electron chi connectivity index (χ1n) is 5.64. The van der Waals surface area contributed by atoms with Crippen LogP contribution in [0.1, 0.15) is 6.92 Å². The van der Waals surface area contributed by atoms with E-state index < -0.39 is 0 Å². The van der Waals surface area contributed by atoms with E-state index in [9.17, 15) is 0 Å². The van der Waals surface area contributed by atoms with Crippen molar-refractivity contribution in [2.75, 3.05) is 19.7 Å². The predicted octanol–water partition coefficient (Wildman–Crippen LogP) is 2.82. The van der Waals surface area contributed by atoms with Crippen LogP contribution in [0.15, 0.2) is 41.4 Å². The van der Waals surface area contributed by atoms with Gasteiger partial charge in [0.1, 0.15) is 12.4 Å². The third-order valence-electron chi connectivity index (χ3n) is 2.01. The second kappa shape index (κ2) is 9.91. The van der Waals surface area contributed by atoms with Crippen molar-refractivity contribution in [1.29, 1.82) is 0 Å². The van der Waals surface area contributed by atoms with Gasteiger partial charge in [0, 0.05) is 5.02 Å². The molecule has 0 fully saturated rings. The number of benzene rings is 1. The van der Waals surface area contributed by atoms with Gasteiger partial charge in [-0.2, -0.15) is 0 Å². The standard InChI is InChI=1S/C13H18ClN3O.HI/c1-10(2)9-17-13(15)16-7-8-18-12-5-3-11(14)4-6-12;/h3-6H,1,7-9H2,2H3,(H3,15,16,17);1H. The van der Waals surface area contributed by atoms with Crippen LogP contribution in [-0.2, 0) is 0 Å². The second-order valence-electron chi connectivity index (χ2n) is 3.89. The maximum atomic E-state index is 5.77. The molecule has 0 saturated carbocycles. The first kappa shape index (κ1) is 18.0. The number of guanidine groups is 1. The van der Waals surface area contributed by atoms with E-state index in [0.717, 1.165) is 11.3 Å². The van der Waals surface area contributed by atoms with Crippen molar-refractivity contribution in [1.82, 2.24) is 5.32 Å². The molecule has 0 bridgehead atoms. The molecule has 6 heteroatoms. The molecule has 0 aliphatic heterocycles. The number of ether oxygens (including phenoxy) is 1. The minimum Gasteiger partial charge on any atom is -0.492 e. The van der Waals surface area contributed by atoms with Gasteiger partial charge in [-0.25, -0.2) is 4.99 Å². The van der Waals surface area contributed by atoms with E-state index in [1.54, 1.807) is 12.1 Å². The van der Waals surface area contributed by atoms with Crippen LogP contribution in [0.25, 0.3) is 0 Å². The Kier molecular flexibility index (Phi) is 9.42. The molecular formula is C13H19ClIN3O. The van der Waals surface area contributed by atoms with E-state index in [2.05, 4.69) is 16.9 Å². The van der Waals surface area contributed by atoms with Crippen LogP contribution in [0.2, 0.25) is 5.02 Å². The van der Waals surface area contributed by atoms with Crippen LogP contribution in [0.3, 0.4) is 0 Å². The van der Waals surface area contributed by atoms with Crippen molar-refractivity contribution in [3.8, 4) is 5.75 Å². The van der Waals surface area contributed by atoms with Gasteiger partial charge in [0.05, 0.1) is 13.1 Å². The minimum atomic E-state index is 0. The third-order valence-corrected chi connectivity index (χ3v) is 2.26. The lowest BCUT2D eigenvalue weighted by Gasteiger charge is -2.08. The van der Waals surface area contributed by atoms with Gasteiger partial charge in [0.2, 0.25) is 0 Å². The van der Waals surface area contributed by atoms with Gasteiger partial charge in [-0.3, -0.25) is 0 Å². The number of rotatable bonds is 6. The maximum absolute atomic E-state index is 5.77. The Bertz CT molecular complexity index is 420. The summed E-state index contributed by atoms with van der Waals surface area (Å²) in [4.78, 5) is 4.09. The minimum absolute atomic E-state index is 0. The fourth-order valence-corrected chi connectivity index (χ4v) is 1.28. The van der Waals surface area contributed by atoms with Crippen LogP contribution in [0, 0.1) is 0 Å². The van der Waals surface area contributed by atoms with E-state index in [1.807, 2.05) is 19.1 Å². The van der Waals surface area contributed by atoms with Gasteiger partial charge in [-0.05, 0) is 31.2 Å². The molecule has 0 heterocycles. The number of nitrogens with one attached hydrogen (secondary N) is 1. The summed E-state index contributed by atoms with van der Waals surface area (Å²) in [6.07, 6.45) is 0. The molecule has 0 saturated heterocycles. The largest absolute Gasteiger partial charge is 0.492 e. The molecular weight excluding hydrogens is 377 g/mol. The van der Waals surface area contributed by atoms with Crippen LogP contribution in [-0.4, -0.2) is 25.7 Å². The van der Waals surface area contributed by atoms with Crippen LogP contribution in [0.4, 0.5) is 0 Å². The highest BCUT2D eigenvalue weighted by Crippen LogP contribution is 2.14. The molecule has 0 amide bonds. The topological polar surface area (TPSA) is 59.6 Å². The Morgan fingerprint density at radius 1 is 1.42 bits per heavy atom. The molecule has 1 aromatic rings. The van der Waals surface area contributed by atoms with Crippen LogP contribution < -0.4 is 15.8 Å². The highest BCUT2D eigenvalue weighted by atomic mass is 127. The fraction of sp³-hybridized carbons (Fsp3) is 0.308. The van der Waals surface area contributed by atoms with Crippen molar-refractivity contribution in [3.63, 3.8) is 0 Å². The SMILES string of the molecule is C=C(C)CN=C(N)NCCOc1ccc(Cl)cc1.I. The summed E-state index contributed by atoms with van der Waals surface area (Å²) in [7, 11) is 0. The molecule has 4 nitrogen and oxygen atoms in total. The van der Waals surface area contributed by atoms with Crippen molar-refractivity contribution in [2.45, 2.75) is 6.92 Å². The molecule has 1 aromatic carbocycles. The van der Waals surface area contributed by atoms with Gasteiger partial charge in [0.25, 0.3) is 0 Å². The van der Waals surface area contributed by atoms with Gasteiger partial charge in [-0.1, -0.05) is 23.8 Å². The average Bonchev–Trinajstić information content (AvgIpc) is 2.34. The summed E-state index contributed by atoms with van der Waals surface area (Å²) in [6.45, 7) is 7.28. The smallest absolute Gasteiger partial charge is 0.189 e. The quantitative estimate of drug-likeness (QED) is 0.256. The normalized spacial score (nSPS) is 10.5. The van der Waals surface area contributed by atoms with Crippen molar-refractivity contribution in [2.24, 2.45) is 10.7 Å². The van der Waals surface area contributed by atoms with Crippen LogP contribution >= 0.6 is 35.6 Å². The Hall–Kier alpha value is -0.950. The molecule has 0 aromatic heterocycles. The Morgan fingerprint density at radius 2 is 2.05 bits per heavy atom. The highest BCUT2D eigenvalue weighted by Gasteiger charge is 1.95. The third kappa shape index (κ3) is 8.72. The Morgan fingerprint density at radius 3 is 2.63 bits per heavy atom. The first-order chi connectivity index (χ1) is 8.58. The molecule has 0 aliphatic carbocycles. The van der Waals surface area contributed by atoms with Gasteiger partial charge >= 0.3 is 0 Å². The number of nitrogens with zero attached hydrogens (tertiary/aromatic N) is 1. The molecule has 0 aliphatic rings. The molecule has 19 heavy (non-hydrogen) atoms. The van der Waals surface area contributed by atoms with E-state index >= 15 is 0 Å². The summed E-state index contributed by atoms with van der Waals surface area (Å²) in [5, 5.41) is 3.65. The lowest BCUT2D eigenvalue weighted by atomic mass is 10.3. The summed E-state index contributed by atoms with van der Waals surface area (Å²) >= 11 is 5.77. The molecule has 106 valence electrons. The van der Waals surface area contributed by atoms with E-state index in [1.165, 1.54) is 0 Å². The number of nitrogens with two attached hydrogens (primary N) is 1. The van der Waals surface area contributed by atoms with E-state index in [0.29, 0.717) is 30.7 Å². The van der Waals surface area contributed by atoms with Crippen molar-refractivity contribution < 1.29 is 4.74 Å². The Labute approximate surface area is 136 Å². The number of hydrogen-bond acceptors (Lipinski definition) is 2. The van der Waals surface area contributed by atoms with Gasteiger partial charge in [0.15, 0.2) is 5.96 Å². The Balaban J connectivity index is 0.00000324. The maximum Gasteiger partial charge on any atom is 0.189 e. The molecule has 0 atom stereocenters. The summed E-state index contributed by atoms with van der Waals surface area (Å²) in [5.41, 5.74) is 6.62. The zero-order valence-corrected chi connectivity index (χ0v) is 13.9. The summed E-state index contributed by atoms with van der Waals surface area (Å²) in [6, 6.07) is 7.21. The lowest BCUT2D eigenvalue weighted by molar-refractivity contribution is 0.322. The molecule has 0 spiro atoms. The molecule has 0 radical (unpaired) electrons. The van der Waals surface area contributed by atoms with Gasteiger partial charge < -0.3 is 15.8 Å². The first-order valence-corrected chi connectivity index (χ1v) is 6.02. The van der Waals surface area contributed by atoms with Crippen molar-refractivity contribution >= 4 is 41.5 Å². The summed E-state index contributed by atoms with van der Waals surface area (Å²) in [5.74, 6) is 1.18. The number of halogens is 2. The van der Waals surface area contributed by atoms with Crippen molar-refractivity contribution in [3.05, 3.63) is 41.4 Å². The van der Waals surface area contributed by atoms with Gasteiger partial charge in [-0.15, -0.1) is 24.0 Å². The zero-order valence-electron chi connectivity index (χ0n) is 10.9. The molecule has 0 unspecified atom stereocenters. The summed E-state index contributed by atoms with van der Waals surface area (Å²) < 4.78 is 5.49. The van der Waals surface area contributed by atoms with E-state index in [-0.39, 0.29) is 24.0 Å². The van der Waals surface area contributed by atoms with E-state index in [4.69, 9.17) is 22.1 Å².